The van der Waals surface area contributed by atoms with Gasteiger partial charge >= 0.3 is 0 Å². The van der Waals surface area contributed by atoms with Crippen molar-refractivity contribution in [3.8, 4) is 0 Å². The molecule has 6 nitrogen and oxygen atoms in total. The molecule has 168 valence electrons. The van der Waals surface area contributed by atoms with E-state index in [0.717, 1.165) is 24.0 Å². The highest BCUT2D eigenvalue weighted by Gasteiger charge is 2.37. The largest absolute Gasteiger partial charge is 0.349 e. The van der Waals surface area contributed by atoms with Gasteiger partial charge in [0.2, 0.25) is 11.8 Å². The molecule has 2 aromatic carbocycles. The summed E-state index contributed by atoms with van der Waals surface area (Å²) in [6.45, 7) is 6.29. The maximum Gasteiger partial charge on any atom is 0.251 e. The minimum atomic E-state index is -0.270. The van der Waals surface area contributed by atoms with Crippen LogP contribution in [-0.2, 0) is 16.1 Å². The van der Waals surface area contributed by atoms with Crippen molar-refractivity contribution in [1.29, 1.82) is 0 Å². The Morgan fingerprint density at radius 1 is 1.00 bits per heavy atom. The van der Waals surface area contributed by atoms with Gasteiger partial charge in [-0.1, -0.05) is 36.4 Å². The maximum absolute atomic E-state index is 13.0. The van der Waals surface area contributed by atoms with Crippen LogP contribution in [0.1, 0.15) is 46.3 Å². The van der Waals surface area contributed by atoms with E-state index in [4.69, 9.17) is 0 Å². The second-order valence-electron chi connectivity index (χ2n) is 9.03. The first-order valence-corrected chi connectivity index (χ1v) is 11.4. The molecule has 2 fully saturated rings. The van der Waals surface area contributed by atoms with Gasteiger partial charge in [-0.25, -0.2) is 0 Å². The number of nitrogens with zero attached hydrogens (tertiary/aromatic N) is 2. The Labute approximate surface area is 189 Å². The summed E-state index contributed by atoms with van der Waals surface area (Å²) in [6.07, 6.45) is 1.75. The van der Waals surface area contributed by atoms with E-state index < -0.39 is 0 Å². The molecule has 0 aromatic heterocycles. The molecule has 2 aromatic rings. The topological polar surface area (TPSA) is 69.7 Å². The normalized spacial score (nSPS) is 19.3. The summed E-state index contributed by atoms with van der Waals surface area (Å²) in [5.74, 6) is -0.223. The molecule has 32 heavy (non-hydrogen) atoms. The third kappa shape index (κ3) is 5.01. The van der Waals surface area contributed by atoms with Crippen molar-refractivity contribution in [2.75, 3.05) is 19.6 Å². The van der Waals surface area contributed by atoms with Crippen LogP contribution in [0.3, 0.4) is 0 Å². The smallest absolute Gasteiger partial charge is 0.251 e. The van der Waals surface area contributed by atoms with Gasteiger partial charge < -0.3 is 15.1 Å². The maximum atomic E-state index is 13.0. The van der Waals surface area contributed by atoms with Crippen LogP contribution in [0.15, 0.2) is 48.5 Å². The number of piperidine rings is 1. The molecule has 3 amide bonds. The van der Waals surface area contributed by atoms with Crippen molar-refractivity contribution in [3.05, 3.63) is 70.8 Å². The summed E-state index contributed by atoms with van der Waals surface area (Å²) in [7, 11) is 0. The van der Waals surface area contributed by atoms with Crippen LogP contribution in [0.25, 0.3) is 0 Å². The lowest BCUT2D eigenvalue weighted by molar-refractivity contribution is -0.136. The Kier molecular flexibility index (Phi) is 6.58. The predicted molar refractivity (Wildman–Crippen MR) is 123 cm³/mol. The first kappa shape index (κ1) is 22.1. The molecule has 0 aliphatic carbocycles. The number of carbonyl (C=O) groups is 3. The van der Waals surface area contributed by atoms with E-state index in [1.54, 1.807) is 4.90 Å². The average molecular weight is 434 g/mol. The molecule has 0 bridgehead atoms. The Balaban J connectivity index is 1.26. The fourth-order valence-electron chi connectivity index (χ4n) is 4.55. The van der Waals surface area contributed by atoms with Crippen molar-refractivity contribution in [1.82, 2.24) is 15.1 Å². The van der Waals surface area contributed by atoms with Gasteiger partial charge in [-0.15, -0.1) is 0 Å². The average Bonchev–Trinajstić information content (AvgIpc) is 3.16. The molecule has 0 saturated carbocycles. The van der Waals surface area contributed by atoms with Crippen molar-refractivity contribution < 1.29 is 14.4 Å². The monoisotopic (exact) mass is 433 g/mol. The zero-order valence-electron chi connectivity index (χ0n) is 18.8. The number of hydrogen-bond donors (Lipinski definition) is 1. The molecule has 1 unspecified atom stereocenters. The van der Waals surface area contributed by atoms with Gasteiger partial charge in [0, 0.05) is 44.2 Å². The quantitative estimate of drug-likeness (QED) is 0.788. The Morgan fingerprint density at radius 3 is 2.41 bits per heavy atom. The van der Waals surface area contributed by atoms with E-state index in [1.807, 2.05) is 67.3 Å². The second kappa shape index (κ2) is 9.55. The van der Waals surface area contributed by atoms with E-state index in [1.165, 1.54) is 5.56 Å². The van der Waals surface area contributed by atoms with Gasteiger partial charge in [0.25, 0.3) is 5.91 Å². The van der Waals surface area contributed by atoms with Crippen LogP contribution in [0, 0.1) is 19.8 Å². The number of benzene rings is 2. The lowest BCUT2D eigenvalue weighted by Crippen LogP contribution is -2.48. The molecule has 2 heterocycles. The Hall–Kier alpha value is -3.15. The fraction of sp³-hybridized carbons (Fsp3) is 0.423. The third-order valence-electron chi connectivity index (χ3n) is 6.69. The number of amides is 3. The second-order valence-corrected chi connectivity index (χ2v) is 9.03. The van der Waals surface area contributed by atoms with Gasteiger partial charge in [-0.05, 0) is 55.5 Å². The SMILES string of the molecule is Cc1ccc(C(=O)NC2CCN(C(=O)C3CC(=O)N(Cc4ccccc4)C3)CC2)cc1C. The number of aryl methyl sites for hydroxylation is 2. The molecule has 2 aliphatic rings. The number of hydrogen-bond acceptors (Lipinski definition) is 3. The van der Waals surface area contributed by atoms with E-state index in [2.05, 4.69) is 5.32 Å². The van der Waals surface area contributed by atoms with E-state index in [9.17, 15) is 14.4 Å². The predicted octanol–water partition coefficient (Wildman–Crippen LogP) is 3.07. The highest BCUT2D eigenvalue weighted by Crippen LogP contribution is 2.24. The van der Waals surface area contributed by atoms with E-state index >= 15 is 0 Å². The van der Waals surface area contributed by atoms with Crippen LogP contribution >= 0.6 is 0 Å². The lowest BCUT2D eigenvalue weighted by Gasteiger charge is -2.33. The fourth-order valence-corrected chi connectivity index (χ4v) is 4.55. The number of nitrogens with one attached hydrogen (secondary N) is 1. The first-order valence-electron chi connectivity index (χ1n) is 11.4. The van der Waals surface area contributed by atoms with Crippen LogP contribution in [0.4, 0.5) is 0 Å². The van der Waals surface area contributed by atoms with Crippen molar-refractivity contribution in [2.45, 2.75) is 45.7 Å². The van der Waals surface area contributed by atoms with Crippen LogP contribution < -0.4 is 5.32 Å². The Bertz CT molecular complexity index is 997. The summed E-state index contributed by atoms with van der Waals surface area (Å²) in [5.41, 5.74) is 4.02. The molecule has 1 atom stereocenters. The highest BCUT2D eigenvalue weighted by molar-refractivity contribution is 5.94. The Morgan fingerprint density at radius 2 is 1.72 bits per heavy atom. The lowest BCUT2D eigenvalue weighted by atomic mass is 10.0. The zero-order valence-corrected chi connectivity index (χ0v) is 18.8. The molecular weight excluding hydrogens is 402 g/mol. The summed E-state index contributed by atoms with van der Waals surface area (Å²) in [4.78, 5) is 41.7. The molecular formula is C26H31N3O3. The summed E-state index contributed by atoms with van der Waals surface area (Å²) < 4.78 is 0. The molecule has 6 heteroatoms. The number of rotatable bonds is 5. The first-order chi connectivity index (χ1) is 15.4. The minimum Gasteiger partial charge on any atom is -0.349 e. The summed E-state index contributed by atoms with van der Waals surface area (Å²) in [5, 5.41) is 3.11. The van der Waals surface area contributed by atoms with E-state index in [0.29, 0.717) is 31.7 Å². The molecule has 1 N–H and O–H groups in total. The molecule has 4 rings (SSSR count). The molecule has 2 aliphatic heterocycles. The van der Waals surface area contributed by atoms with Crippen molar-refractivity contribution in [3.63, 3.8) is 0 Å². The molecule has 2 saturated heterocycles. The van der Waals surface area contributed by atoms with Gasteiger partial charge in [-0.3, -0.25) is 14.4 Å². The van der Waals surface area contributed by atoms with Crippen LogP contribution in [0.2, 0.25) is 0 Å². The molecule has 0 spiro atoms. The van der Waals surface area contributed by atoms with Crippen molar-refractivity contribution >= 4 is 17.7 Å². The van der Waals surface area contributed by atoms with Gasteiger partial charge in [0.05, 0.1) is 5.92 Å². The third-order valence-corrected chi connectivity index (χ3v) is 6.69. The minimum absolute atomic E-state index is 0.0442. The van der Waals surface area contributed by atoms with Gasteiger partial charge in [0.15, 0.2) is 0 Å². The highest BCUT2D eigenvalue weighted by atomic mass is 16.2. The van der Waals surface area contributed by atoms with Crippen molar-refractivity contribution in [2.24, 2.45) is 5.92 Å². The molecule has 0 radical (unpaired) electrons. The number of carbonyl (C=O) groups excluding carboxylic acids is 3. The van der Waals surface area contributed by atoms with Gasteiger partial charge in [0.1, 0.15) is 0 Å². The van der Waals surface area contributed by atoms with Crippen LogP contribution in [0.5, 0.6) is 0 Å². The van der Waals surface area contributed by atoms with Crippen LogP contribution in [-0.4, -0.2) is 53.2 Å². The number of likely N-dealkylation sites (tertiary alicyclic amines) is 2. The standard InChI is InChI=1S/C26H31N3O3/c1-18-8-9-21(14-19(18)2)25(31)27-23-10-12-28(13-11-23)26(32)22-15-24(30)29(17-22)16-20-6-4-3-5-7-20/h3-9,14,22-23H,10-13,15-17H2,1-2H3,(H,27,31). The zero-order chi connectivity index (χ0) is 22.7. The van der Waals surface area contributed by atoms with Gasteiger partial charge in [-0.2, -0.15) is 0 Å². The summed E-state index contributed by atoms with van der Waals surface area (Å²) in [6, 6.07) is 15.7. The summed E-state index contributed by atoms with van der Waals surface area (Å²) >= 11 is 0. The van der Waals surface area contributed by atoms with E-state index in [-0.39, 0.29) is 36.1 Å².